The molecule has 0 amide bonds. The number of alkyl halides is 3. The Kier molecular flexibility index (Phi) is 4.36. The van der Waals surface area contributed by atoms with Crippen molar-refractivity contribution < 1.29 is 27.1 Å². The van der Waals surface area contributed by atoms with Gasteiger partial charge in [-0.25, -0.2) is 4.39 Å². The van der Waals surface area contributed by atoms with Gasteiger partial charge in [0.2, 0.25) is 0 Å². The third kappa shape index (κ3) is 3.66. The van der Waals surface area contributed by atoms with Crippen LogP contribution in [0.5, 0.6) is 5.75 Å². The zero-order chi connectivity index (χ0) is 17.2. The minimum atomic E-state index is -4.85. The largest absolute Gasteiger partial charge is 0.425 e. The van der Waals surface area contributed by atoms with Crippen LogP contribution in [0.15, 0.2) is 36.4 Å². The molecule has 0 bridgehead atoms. The van der Waals surface area contributed by atoms with E-state index in [4.69, 9.17) is 10.00 Å². The molecule has 0 radical (unpaired) electrons. The normalized spacial score (nSPS) is 11.0. The highest BCUT2D eigenvalue weighted by Gasteiger charge is 2.37. The molecule has 0 spiro atoms. The summed E-state index contributed by atoms with van der Waals surface area (Å²) in [4.78, 5) is 11.2. The van der Waals surface area contributed by atoms with Gasteiger partial charge in [-0.2, -0.15) is 18.4 Å². The average molecular weight is 323 g/mol. The molecule has 0 aliphatic rings. The monoisotopic (exact) mass is 323 g/mol. The lowest BCUT2D eigenvalue weighted by atomic mass is 9.98. The van der Waals surface area contributed by atoms with E-state index in [0.717, 1.165) is 25.1 Å². The van der Waals surface area contributed by atoms with Gasteiger partial charge in [0.25, 0.3) is 0 Å². The smallest absolute Gasteiger partial charge is 0.420 e. The molecule has 0 aliphatic carbocycles. The lowest BCUT2D eigenvalue weighted by Crippen LogP contribution is -2.13. The molecule has 0 unspecified atom stereocenters. The molecule has 2 aromatic rings. The molecule has 7 heteroatoms. The Morgan fingerprint density at radius 2 is 1.91 bits per heavy atom. The molecule has 0 heterocycles. The van der Waals surface area contributed by atoms with E-state index in [2.05, 4.69) is 0 Å². The second kappa shape index (κ2) is 6.08. The first-order valence-electron chi connectivity index (χ1n) is 6.32. The van der Waals surface area contributed by atoms with Gasteiger partial charge in [-0.05, 0) is 29.8 Å². The van der Waals surface area contributed by atoms with Gasteiger partial charge >= 0.3 is 12.1 Å². The van der Waals surface area contributed by atoms with Crippen LogP contribution in [0.25, 0.3) is 11.1 Å². The zero-order valence-corrected chi connectivity index (χ0v) is 11.7. The highest BCUT2D eigenvalue weighted by atomic mass is 19.4. The Labute approximate surface area is 128 Å². The summed E-state index contributed by atoms with van der Waals surface area (Å²) in [6, 6.07) is 8.07. The molecule has 0 fully saturated rings. The molecule has 2 rings (SSSR count). The Morgan fingerprint density at radius 3 is 2.43 bits per heavy atom. The number of benzene rings is 2. The van der Waals surface area contributed by atoms with Gasteiger partial charge < -0.3 is 4.74 Å². The van der Waals surface area contributed by atoms with Crippen molar-refractivity contribution >= 4 is 5.97 Å². The summed E-state index contributed by atoms with van der Waals surface area (Å²) in [5.41, 5.74) is -1.69. The van der Waals surface area contributed by atoms with Crippen molar-refractivity contribution in [1.82, 2.24) is 0 Å². The van der Waals surface area contributed by atoms with E-state index in [0.29, 0.717) is 6.07 Å². The first kappa shape index (κ1) is 16.5. The molecule has 0 saturated heterocycles. The second-order valence-corrected chi connectivity index (χ2v) is 4.61. The highest BCUT2D eigenvalue weighted by Crippen LogP contribution is 2.43. The van der Waals surface area contributed by atoms with Crippen molar-refractivity contribution in [2.75, 3.05) is 0 Å². The molecule has 118 valence electrons. The van der Waals surface area contributed by atoms with Crippen LogP contribution in [0.1, 0.15) is 18.1 Å². The van der Waals surface area contributed by atoms with Gasteiger partial charge in [-0.3, -0.25) is 4.79 Å². The maximum Gasteiger partial charge on any atom is 0.420 e. The predicted octanol–water partition coefficient (Wildman–Crippen LogP) is 4.31. The number of halogens is 4. The number of carbonyl (C=O) groups is 1. The van der Waals surface area contributed by atoms with E-state index in [1.54, 1.807) is 6.07 Å². The fraction of sp³-hybridized carbons (Fsp3) is 0.125. The summed E-state index contributed by atoms with van der Waals surface area (Å²) in [6.07, 6.45) is -4.85. The van der Waals surface area contributed by atoms with Crippen molar-refractivity contribution in [3.05, 3.63) is 53.3 Å². The molecule has 0 aromatic heterocycles. The SMILES string of the molecule is CC(=O)Oc1c(-c2cccc(F)c2)cc(C#N)cc1C(F)(F)F. The number of carbonyl (C=O) groups excluding carboxylic acids is 1. The number of ether oxygens (including phenoxy) is 1. The molecule has 3 nitrogen and oxygen atoms in total. The van der Waals surface area contributed by atoms with Gasteiger partial charge in [-0.1, -0.05) is 12.1 Å². The third-order valence-corrected chi connectivity index (χ3v) is 2.90. The summed E-state index contributed by atoms with van der Waals surface area (Å²) in [7, 11) is 0. The van der Waals surface area contributed by atoms with Crippen LogP contribution in [-0.4, -0.2) is 5.97 Å². The zero-order valence-electron chi connectivity index (χ0n) is 11.7. The van der Waals surface area contributed by atoms with E-state index in [1.807, 2.05) is 0 Å². The molecular weight excluding hydrogens is 314 g/mol. The average Bonchev–Trinajstić information content (AvgIpc) is 2.45. The number of hydrogen-bond acceptors (Lipinski definition) is 3. The molecule has 0 saturated carbocycles. The topological polar surface area (TPSA) is 50.1 Å². The van der Waals surface area contributed by atoms with Gasteiger partial charge in [0, 0.05) is 12.5 Å². The van der Waals surface area contributed by atoms with Crippen molar-refractivity contribution in [3.8, 4) is 22.9 Å². The van der Waals surface area contributed by atoms with Gasteiger partial charge in [0.05, 0.1) is 11.6 Å². The van der Waals surface area contributed by atoms with E-state index in [-0.39, 0.29) is 16.7 Å². The van der Waals surface area contributed by atoms with E-state index in [9.17, 15) is 22.4 Å². The number of nitrogens with zero attached hydrogens (tertiary/aromatic N) is 1. The number of rotatable bonds is 2. The first-order valence-corrected chi connectivity index (χ1v) is 6.32. The van der Waals surface area contributed by atoms with Crippen LogP contribution in [-0.2, 0) is 11.0 Å². The summed E-state index contributed by atoms with van der Waals surface area (Å²) in [5, 5.41) is 8.93. The summed E-state index contributed by atoms with van der Waals surface area (Å²) in [5.74, 6) is -2.39. The Hall–Kier alpha value is -2.88. The highest BCUT2D eigenvalue weighted by molar-refractivity contribution is 5.79. The maximum absolute atomic E-state index is 13.4. The van der Waals surface area contributed by atoms with Gasteiger partial charge in [-0.15, -0.1) is 0 Å². The van der Waals surface area contributed by atoms with Crippen LogP contribution in [0.3, 0.4) is 0 Å². The van der Waals surface area contributed by atoms with Crippen molar-refractivity contribution in [2.45, 2.75) is 13.1 Å². The Morgan fingerprint density at radius 1 is 1.22 bits per heavy atom. The molecular formula is C16H9F4NO2. The van der Waals surface area contributed by atoms with Crippen molar-refractivity contribution in [3.63, 3.8) is 0 Å². The molecule has 0 N–H and O–H groups in total. The Bertz CT molecular complexity index is 807. The molecule has 2 aromatic carbocycles. The molecule has 0 aliphatic heterocycles. The van der Waals surface area contributed by atoms with Crippen molar-refractivity contribution in [1.29, 1.82) is 5.26 Å². The molecule has 23 heavy (non-hydrogen) atoms. The second-order valence-electron chi connectivity index (χ2n) is 4.61. The minimum absolute atomic E-state index is 0.0591. The summed E-state index contributed by atoms with van der Waals surface area (Å²) in [6.45, 7) is 0.952. The maximum atomic E-state index is 13.4. The van der Waals surface area contributed by atoms with E-state index in [1.165, 1.54) is 12.1 Å². The van der Waals surface area contributed by atoms with Crippen LogP contribution >= 0.6 is 0 Å². The lowest BCUT2D eigenvalue weighted by molar-refractivity contribution is -0.141. The standard InChI is InChI=1S/C16H9F4NO2/c1-9(22)23-15-13(11-3-2-4-12(17)7-11)5-10(8-21)6-14(15)16(18,19)20/h2-7H,1H3. The summed E-state index contributed by atoms with van der Waals surface area (Å²) < 4.78 is 57.7. The fourth-order valence-electron chi connectivity index (χ4n) is 2.03. The van der Waals surface area contributed by atoms with Crippen LogP contribution in [0, 0.1) is 17.1 Å². The number of esters is 1. The third-order valence-electron chi connectivity index (χ3n) is 2.90. The number of hydrogen-bond donors (Lipinski definition) is 0. The van der Waals surface area contributed by atoms with Crippen molar-refractivity contribution in [2.24, 2.45) is 0 Å². The lowest BCUT2D eigenvalue weighted by Gasteiger charge is -2.17. The van der Waals surface area contributed by atoms with Gasteiger partial charge in [0.1, 0.15) is 11.4 Å². The van der Waals surface area contributed by atoms with Crippen LogP contribution in [0.2, 0.25) is 0 Å². The van der Waals surface area contributed by atoms with Crippen LogP contribution < -0.4 is 4.74 Å². The summed E-state index contributed by atoms with van der Waals surface area (Å²) >= 11 is 0. The van der Waals surface area contributed by atoms with Gasteiger partial charge in [0.15, 0.2) is 5.75 Å². The fourth-order valence-corrected chi connectivity index (χ4v) is 2.03. The van der Waals surface area contributed by atoms with E-state index < -0.39 is 29.3 Å². The Balaban J connectivity index is 2.82. The predicted molar refractivity (Wildman–Crippen MR) is 72.9 cm³/mol. The number of nitriles is 1. The van der Waals surface area contributed by atoms with Crippen LogP contribution in [0.4, 0.5) is 17.6 Å². The minimum Gasteiger partial charge on any atom is -0.425 e. The molecule has 0 atom stereocenters. The quantitative estimate of drug-likeness (QED) is 0.470. The van der Waals surface area contributed by atoms with E-state index >= 15 is 0 Å². The first-order chi connectivity index (χ1) is 10.7.